The Kier molecular flexibility index (Phi) is 7.06. The van der Waals surface area contributed by atoms with E-state index in [9.17, 15) is 5.11 Å². The average Bonchev–Trinajstić information content (AvgIpc) is 3.01. The van der Waals surface area contributed by atoms with Crippen molar-refractivity contribution in [3.8, 4) is 0 Å². The van der Waals surface area contributed by atoms with Crippen LogP contribution < -0.4 is 5.32 Å². The van der Waals surface area contributed by atoms with Gasteiger partial charge in [-0.2, -0.15) is 0 Å². The summed E-state index contributed by atoms with van der Waals surface area (Å²) in [6, 6.07) is 14.7. The topological polar surface area (TPSA) is 41.5 Å². The molecule has 22 heavy (non-hydrogen) atoms. The largest absolute Gasteiger partial charge is 0.389 e. The van der Waals surface area contributed by atoms with Gasteiger partial charge in [0.2, 0.25) is 0 Å². The molecule has 0 aliphatic heterocycles. The van der Waals surface area contributed by atoms with Crippen LogP contribution in [0.2, 0.25) is 0 Å². The fraction of sp³-hybridized carbons (Fsp3) is 0.444. The zero-order chi connectivity index (χ0) is 15.8. The van der Waals surface area contributed by atoms with Gasteiger partial charge in [-0.15, -0.1) is 11.3 Å². The van der Waals surface area contributed by atoms with Crippen molar-refractivity contribution in [3.05, 3.63) is 58.3 Å². The molecule has 0 saturated heterocycles. The highest BCUT2D eigenvalue weighted by Gasteiger charge is 2.16. The number of hydrogen-bond acceptors (Lipinski definition) is 4. The average molecular weight is 319 g/mol. The number of ether oxygens (including phenoxy) is 1. The second-order valence-corrected chi connectivity index (χ2v) is 6.82. The fourth-order valence-corrected chi connectivity index (χ4v) is 3.05. The summed E-state index contributed by atoms with van der Waals surface area (Å²) in [5.74, 6) is 0.460. The predicted octanol–water partition coefficient (Wildman–Crippen LogP) is 3.61. The third kappa shape index (κ3) is 5.54. The van der Waals surface area contributed by atoms with Gasteiger partial charge in [-0.05, 0) is 22.9 Å². The third-order valence-corrected chi connectivity index (χ3v) is 4.38. The van der Waals surface area contributed by atoms with E-state index in [1.165, 1.54) is 10.4 Å². The molecule has 0 spiro atoms. The van der Waals surface area contributed by atoms with E-state index in [0.717, 1.165) is 0 Å². The molecule has 1 aromatic carbocycles. The molecule has 2 N–H and O–H groups in total. The van der Waals surface area contributed by atoms with Crippen LogP contribution >= 0.6 is 11.3 Å². The van der Waals surface area contributed by atoms with Crippen molar-refractivity contribution >= 4 is 11.3 Å². The Morgan fingerprint density at radius 2 is 1.91 bits per heavy atom. The van der Waals surface area contributed by atoms with Crippen LogP contribution in [0.1, 0.15) is 30.3 Å². The number of aliphatic hydroxyl groups excluding tert-OH is 1. The molecule has 0 aliphatic rings. The van der Waals surface area contributed by atoms with E-state index in [4.69, 9.17) is 4.74 Å². The maximum absolute atomic E-state index is 10.1. The second kappa shape index (κ2) is 9.06. The molecule has 2 unspecified atom stereocenters. The number of thiophene rings is 1. The molecule has 1 aromatic heterocycles. The molecule has 2 rings (SSSR count). The summed E-state index contributed by atoms with van der Waals surface area (Å²) >= 11 is 1.67. The van der Waals surface area contributed by atoms with E-state index in [0.29, 0.717) is 25.7 Å². The summed E-state index contributed by atoms with van der Waals surface area (Å²) < 4.78 is 5.56. The standard InChI is InChI=1S/C18H25NO2S/c1-14(2)18(15-7-4-3-5-8-15)19-11-16(20)12-21-13-17-9-6-10-22-17/h3-10,14,16,18-20H,11-13H2,1-2H3. The summed E-state index contributed by atoms with van der Waals surface area (Å²) in [7, 11) is 0. The lowest BCUT2D eigenvalue weighted by atomic mass is 9.96. The lowest BCUT2D eigenvalue weighted by Gasteiger charge is -2.24. The van der Waals surface area contributed by atoms with Gasteiger partial charge in [0, 0.05) is 17.5 Å². The first-order valence-electron chi connectivity index (χ1n) is 7.73. The summed E-state index contributed by atoms with van der Waals surface area (Å²) in [4.78, 5) is 1.18. The van der Waals surface area contributed by atoms with Crippen molar-refractivity contribution in [3.63, 3.8) is 0 Å². The number of benzene rings is 1. The summed E-state index contributed by atoms with van der Waals surface area (Å²) in [5, 5.41) is 15.6. The normalized spacial score (nSPS) is 14.2. The molecule has 0 aliphatic carbocycles. The Morgan fingerprint density at radius 1 is 1.14 bits per heavy atom. The van der Waals surface area contributed by atoms with Gasteiger partial charge >= 0.3 is 0 Å². The van der Waals surface area contributed by atoms with Crippen LogP contribution in [0.15, 0.2) is 47.8 Å². The Bertz CT molecular complexity index is 513. The molecule has 0 saturated carbocycles. The highest BCUT2D eigenvalue weighted by atomic mass is 32.1. The maximum Gasteiger partial charge on any atom is 0.0898 e. The third-order valence-electron chi connectivity index (χ3n) is 3.53. The summed E-state index contributed by atoms with van der Waals surface area (Å²) in [5.41, 5.74) is 1.25. The van der Waals surface area contributed by atoms with Crippen molar-refractivity contribution in [1.29, 1.82) is 0 Å². The Hall–Kier alpha value is -1.20. The Labute approximate surface area is 137 Å². The monoisotopic (exact) mass is 319 g/mol. The van der Waals surface area contributed by atoms with Crippen molar-refractivity contribution in [2.45, 2.75) is 32.6 Å². The number of aliphatic hydroxyl groups is 1. The SMILES string of the molecule is CC(C)C(NCC(O)COCc1cccs1)c1ccccc1. The van der Waals surface area contributed by atoms with Crippen LogP contribution in [0.5, 0.6) is 0 Å². The molecule has 0 bridgehead atoms. The number of hydrogen-bond donors (Lipinski definition) is 2. The van der Waals surface area contributed by atoms with Crippen LogP contribution in [0, 0.1) is 5.92 Å². The van der Waals surface area contributed by atoms with Crippen LogP contribution in [0.4, 0.5) is 0 Å². The fourth-order valence-electron chi connectivity index (χ4n) is 2.41. The number of nitrogens with one attached hydrogen (secondary N) is 1. The van der Waals surface area contributed by atoms with Gasteiger partial charge in [-0.25, -0.2) is 0 Å². The first kappa shape index (κ1) is 17.2. The van der Waals surface area contributed by atoms with E-state index in [1.807, 2.05) is 35.7 Å². The van der Waals surface area contributed by atoms with Gasteiger partial charge in [0.25, 0.3) is 0 Å². The Morgan fingerprint density at radius 3 is 2.55 bits per heavy atom. The van der Waals surface area contributed by atoms with Gasteiger partial charge in [0.15, 0.2) is 0 Å². The van der Waals surface area contributed by atoms with E-state index in [-0.39, 0.29) is 6.04 Å². The lowest BCUT2D eigenvalue weighted by Crippen LogP contribution is -2.35. The van der Waals surface area contributed by atoms with E-state index >= 15 is 0 Å². The van der Waals surface area contributed by atoms with Crippen molar-refractivity contribution in [2.24, 2.45) is 5.92 Å². The highest BCUT2D eigenvalue weighted by molar-refractivity contribution is 7.09. The van der Waals surface area contributed by atoms with Crippen LogP contribution in [0.3, 0.4) is 0 Å². The molecule has 3 nitrogen and oxygen atoms in total. The smallest absolute Gasteiger partial charge is 0.0898 e. The van der Waals surface area contributed by atoms with E-state index in [1.54, 1.807) is 11.3 Å². The first-order valence-corrected chi connectivity index (χ1v) is 8.61. The minimum atomic E-state index is -0.495. The lowest BCUT2D eigenvalue weighted by molar-refractivity contribution is 0.0278. The van der Waals surface area contributed by atoms with Crippen molar-refractivity contribution < 1.29 is 9.84 Å². The van der Waals surface area contributed by atoms with Crippen LogP contribution in [-0.4, -0.2) is 24.4 Å². The van der Waals surface area contributed by atoms with E-state index < -0.39 is 6.10 Å². The number of rotatable bonds is 9. The van der Waals surface area contributed by atoms with Gasteiger partial charge < -0.3 is 15.2 Å². The van der Waals surface area contributed by atoms with Gasteiger partial charge in [0.05, 0.1) is 19.3 Å². The molecular weight excluding hydrogens is 294 g/mol. The highest BCUT2D eigenvalue weighted by Crippen LogP contribution is 2.21. The second-order valence-electron chi connectivity index (χ2n) is 5.79. The van der Waals surface area contributed by atoms with E-state index in [2.05, 4.69) is 31.3 Å². The van der Waals surface area contributed by atoms with Crippen molar-refractivity contribution in [2.75, 3.05) is 13.2 Å². The van der Waals surface area contributed by atoms with Crippen LogP contribution in [0.25, 0.3) is 0 Å². The molecule has 2 aromatic rings. The van der Waals surface area contributed by atoms with Crippen molar-refractivity contribution in [1.82, 2.24) is 5.32 Å². The maximum atomic E-state index is 10.1. The quantitative estimate of drug-likeness (QED) is 0.742. The molecule has 0 amide bonds. The molecular formula is C18H25NO2S. The first-order chi connectivity index (χ1) is 10.7. The molecule has 4 heteroatoms. The summed E-state index contributed by atoms with van der Waals surface area (Å²) in [6.07, 6.45) is -0.495. The molecule has 2 atom stereocenters. The molecule has 120 valence electrons. The molecule has 0 fully saturated rings. The summed E-state index contributed by atoms with van der Waals surface area (Å²) in [6.45, 7) is 5.82. The van der Waals surface area contributed by atoms with Gasteiger partial charge in [-0.1, -0.05) is 50.2 Å². The minimum absolute atomic E-state index is 0.244. The Balaban J connectivity index is 1.74. The molecule has 0 radical (unpaired) electrons. The minimum Gasteiger partial charge on any atom is -0.389 e. The van der Waals surface area contributed by atoms with Gasteiger partial charge in [0.1, 0.15) is 0 Å². The van der Waals surface area contributed by atoms with Crippen LogP contribution in [-0.2, 0) is 11.3 Å². The zero-order valence-electron chi connectivity index (χ0n) is 13.2. The predicted molar refractivity (Wildman–Crippen MR) is 92.0 cm³/mol. The van der Waals surface area contributed by atoms with Gasteiger partial charge in [-0.3, -0.25) is 0 Å². The molecule has 1 heterocycles. The zero-order valence-corrected chi connectivity index (χ0v) is 14.1.